The van der Waals surface area contributed by atoms with Crippen LogP contribution in [0.5, 0.6) is 0 Å². The number of nitrogens with zero attached hydrogens (tertiary/aromatic N) is 3. The van der Waals surface area contributed by atoms with Crippen molar-refractivity contribution in [2.24, 2.45) is 7.05 Å². The topological polar surface area (TPSA) is 78.1 Å². The summed E-state index contributed by atoms with van der Waals surface area (Å²) in [7, 11) is 1.79. The fraction of sp³-hybridized carbons (Fsp3) is 0.250. The zero-order valence-corrected chi connectivity index (χ0v) is 15.2. The second-order valence-corrected chi connectivity index (χ2v) is 5.95. The molecule has 1 aromatic carbocycles. The molecule has 0 unspecified atom stereocenters. The van der Waals surface area contributed by atoms with Gasteiger partial charge in [0, 0.05) is 31.0 Å². The average molecular weight is 350 g/mol. The van der Waals surface area contributed by atoms with Crippen molar-refractivity contribution in [3.05, 3.63) is 65.5 Å². The third-order valence-electron chi connectivity index (χ3n) is 4.04. The highest BCUT2D eigenvalue weighted by atomic mass is 16.2. The van der Waals surface area contributed by atoms with Gasteiger partial charge in [0.25, 0.3) is 11.8 Å². The number of nitrogens with one attached hydrogen (secondary N) is 1. The minimum absolute atomic E-state index is 0.148. The first kappa shape index (κ1) is 19.0. The number of rotatable bonds is 6. The molecule has 1 aromatic heterocycles. The number of benzene rings is 1. The molecule has 0 radical (unpaired) electrons. The van der Waals surface area contributed by atoms with E-state index >= 15 is 0 Å². The summed E-state index contributed by atoms with van der Waals surface area (Å²) in [6, 6.07) is 9.08. The summed E-state index contributed by atoms with van der Waals surface area (Å²) in [5.41, 5.74) is 3.41. The van der Waals surface area contributed by atoms with Gasteiger partial charge in [-0.05, 0) is 55.3 Å². The first-order valence-electron chi connectivity index (χ1n) is 8.29. The van der Waals surface area contributed by atoms with Crippen LogP contribution in [0.3, 0.4) is 0 Å². The third-order valence-corrected chi connectivity index (χ3v) is 4.04. The summed E-state index contributed by atoms with van der Waals surface area (Å²) in [5, 5.41) is 11.9. The van der Waals surface area contributed by atoms with Crippen LogP contribution in [0.2, 0.25) is 0 Å². The highest BCUT2D eigenvalue weighted by Gasteiger charge is 2.18. The van der Waals surface area contributed by atoms with Crippen LogP contribution in [0.25, 0.3) is 0 Å². The van der Waals surface area contributed by atoms with Gasteiger partial charge in [-0.25, -0.2) is 0 Å². The average Bonchev–Trinajstić information content (AvgIpc) is 2.99. The first-order valence-corrected chi connectivity index (χ1v) is 8.29. The summed E-state index contributed by atoms with van der Waals surface area (Å²) >= 11 is 0. The van der Waals surface area contributed by atoms with Crippen LogP contribution in [0, 0.1) is 18.3 Å². The van der Waals surface area contributed by atoms with E-state index in [1.54, 1.807) is 40.8 Å². The zero-order chi connectivity index (χ0) is 19.3. The fourth-order valence-electron chi connectivity index (χ4n) is 2.77. The lowest BCUT2D eigenvalue weighted by molar-refractivity contribution is -0.114. The van der Waals surface area contributed by atoms with E-state index in [1.165, 1.54) is 6.08 Å². The summed E-state index contributed by atoms with van der Waals surface area (Å²) in [4.78, 5) is 26.0. The number of nitriles is 1. The van der Waals surface area contributed by atoms with Gasteiger partial charge in [0.05, 0.1) is 6.54 Å². The first-order chi connectivity index (χ1) is 12.4. The SMILES string of the molecule is C=CC(=O)N(Cc1cc(C#N)n(C)c1)c1ccc(C(=O)NCC)cc1C. The Morgan fingerprint density at radius 1 is 1.38 bits per heavy atom. The van der Waals surface area contributed by atoms with Gasteiger partial charge in [0.1, 0.15) is 11.8 Å². The fourth-order valence-corrected chi connectivity index (χ4v) is 2.77. The molecule has 0 aliphatic carbocycles. The lowest BCUT2D eigenvalue weighted by atomic mass is 10.1. The van der Waals surface area contributed by atoms with Crippen molar-refractivity contribution < 1.29 is 9.59 Å². The maximum atomic E-state index is 12.4. The van der Waals surface area contributed by atoms with Crippen molar-refractivity contribution in [1.82, 2.24) is 9.88 Å². The van der Waals surface area contributed by atoms with Crippen LogP contribution in [0.15, 0.2) is 43.1 Å². The van der Waals surface area contributed by atoms with Crippen molar-refractivity contribution in [3.63, 3.8) is 0 Å². The number of aromatic nitrogens is 1. The van der Waals surface area contributed by atoms with E-state index in [0.717, 1.165) is 11.1 Å². The Balaban J connectivity index is 2.37. The summed E-state index contributed by atoms with van der Waals surface area (Å²) in [6.07, 6.45) is 3.08. The second-order valence-electron chi connectivity index (χ2n) is 5.95. The van der Waals surface area contributed by atoms with Gasteiger partial charge >= 0.3 is 0 Å². The number of aryl methyl sites for hydroxylation is 2. The minimum atomic E-state index is -0.249. The number of anilines is 1. The number of hydrogen-bond acceptors (Lipinski definition) is 3. The summed E-state index contributed by atoms with van der Waals surface area (Å²) in [6.45, 7) is 8.15. The summed E-state index contributed by atoms with van der Waals surface area (Å²) < 4.78 is 1.72. The molecule has 2 aromatic rings. The molecule has 134 valence electrons. The smallest absolute Gasteiger partial charge is 0.251 e. The Hall–Kier alpha value is -3.33. The second kappa shape index (κ2) is 8.17. The maximum absolute atomic E-state index is 12.4. The largest absolute Gasteiger partial charge is 0.352 e. The van der Waals surface area contributed by atoms with Crippen LogP contribution in [-0.4, -0.2) is 22.9 Å². The molecule has 0 bridgehead atoms. The van der Waals surface area contributed by atoms with Gasteiger partial charge < -0.3 is 14.8 Å². The molecule has 0 aliphatic rings. The van der Waals surface area contributed by atoms with Crippen LogP contribution >= 0.6 is 0 Å². The van der Waals surface area contributed by atoms with Crippen molar-refractivity contribution in [2.45, 2.75) is 20.4 Å². The van der Waals surface area contributed by atoms with Crippen LogP contribution < -0.4 is 10.2 Å². The molecule has 1 heterocycles. The molecule has 0 saturated heterocycles. The Kier molecular flexibility index (Phi) is 5.97. The highest BCUT2D eigenvalue weighted by molar-refractivity contribution is 6.02. The van der Waals surface area contributed by atoms with E-state index in [4.69, 9.17) is 5.26 Å². The Bertz CT molecular complexity index is 890. The predicted octanol–water partition coefficient (Wildman–Crippen LogP) is 2.67. The monoisotopic (exact) mass is 350 g/mol. The van der Waals surface area contributed by atoms with Crippen molar-refractivity contribution in [2.75, 3.05) is 11.4 Å². The molecule has 0 aliphatic heterocycles. The standard InChI is InChI=1S/C20H22N4O2/c1-5-19(25)24(13-15-10-17(11-21)23(4)12-15)18-8-7-16(9-14(18)3)20(26)22-6-2/h5,7-10,12H,1,6,13H2,2-4H3,(H,22,26). The molecule has 0 fully saturated rings. The van der Waals surface area contributed by atoms with Gasteiger partial charge in [0.15, 0.2) is 0 Å². The van der Waals surface area contributed by atoms with Crippen molar-refractivity contribution >= 4 is 17.5 Å². The Morgan fingerprint density at radius 2 is 2.12 bits per heavy atom. The lowest BCUT2D eigenvalue weighted by Gasteiger charge is -2.23. The molecule has 2 amide bonds. The summed E-state index contributed by atoms with van der Waals surface area (Å²) in [5.74, 6) is -0.397. The van der Waals surface area contributed by atoms with E-state index in [2.05, 4.69) is 18.0 Å². The van der Waals surface area contributed by atoms with Crippen LogP contribution in [0.1, 0.15) is 34.1 Å². The number of carbonyl (C=O) groups excluding carboxylic acids is 2. The normalized spacial score (nSPS) is 10.1. The molecular weight excluding hydrogens is 328 g/mol. The highest BCUT2D eigenvalue weighted by Crippen LogP contribution is 2.24. The lowest BCUT2D eigenvalue weighted by Crippen LogP contribution is -2.29. The molecule has 6 nitrogen and oxygen atoms in total. The van der Waals surface area contributed by atoms with Crippen LogP contribution in [-0.2, 0) is 18.4 Å². The van der Waals surface area contributed by atoms with Gasteiger partial charge in [-0.3, -0.25) is 9.59 Å². The van der Waals surface area contributed by atoms with E-state index in [-0.39, 0.29) is 11.8 Å². The molecule has 0 spiro atoms. The number of amides is 2. The predicted molar refractivity (Wildman–Crippen MR) is 101 cm³/mol. The van der Waals surface area contributed by atoms with E-state index in [0.29, 0.717) is 30.0 Å². The molecule has 0 saturated carbocycles. The molecule has 26 heavy (non-hydrogen) atoms. The maximum Gasteiger partial charge on any atom is 0.251 e. The molecule has 1 N–H and O–H groups in total. The molecular formula is C20H22N4O2. The zero-order valence-electron chi connectivity index (χ0n) is 15.2. The van der Waals surface area contributed by atoms with E-state index < -0.39 is 0 Å². The quantitative estimate of drug-likeness (QED) is 0.814. The van der Waals surface area contributed by atoms with Crippen molar-refractivity contribution in [1.29, 1.82) is 5.26 Å². The third kappa shape index (κ3) is 4.01. The van der Waals surface area contributed by atoms with Crippen molar-refractivity contribution in [3.8, 4) is 6.07 Å². The van der Waals surface area contributed by atoms with Gasteiger partial charge in [-0.1, -0.05) is 6.58 Å². The molecule has 2 rings (SSSR count). The van der Waals surface area contributed by atoms with Crippen LogP contribution in [0.4, 0.5) is 5.69 Å². The molecule has 0 atom stereocenters. The van der Waals surface area contributed by atoms with Gasteiger partial charge in [-0.15, -0.1) is 0 Å². The van der Waals surface area contributed by atoms with Gasteiger partial charge in [0.2, 0.25) is 0 Å². The molecule has 6 heteroatoms. The van der Waals surface area contributed by atoms with E-state index in [1.807, 2.05) is 20.0 Å². The Labute approximate surface area is 153 Å². The number of carbonyl (C=O) groups is 2. The number of hydrogen-bond donors (Lipinski definition) is 1. The van der Waals surface area contributed by atoms with Gasteiger partial charge in [-0.2, -0.15) is 5.26 Å². The van der Waals surface area contributed by atoms with E-state index in [9.17, 15) is 9.59 Å². The Morgan fingerprint density at radius 3 is 2.65 bits per heavy atom. The minimum Gasteiger partial charge on any atom is -0.352 e.